The Morgan fingerprint density at radius 3 is 1.65 bits per heavy atom. The lowest BCUT2D eigenvalue weighted by molar-refractivity contribution is 0.590. The van der Waals surface area contributed by atoms with Gasteiger partial charge < -0.3 is 9.80 Å². The Morgan fingerprint density at radius 2 is 0.986 bits per heavy atom. The van der Waals surface area contributed by atoms with E-state index in [1.165, 1.54) is 131 Å². The van der Waals surface area contributed by atoms with Crippen molar-refractivity contribution in [1.29, 1.82) is 0 Å². The molecule has 0 unspecified atom stereocenters. The van der Waals surface area contributed by atoms with E-state index in [0.717, 1.165) is 0 Å². The second-order valence-electron chi connectivity index (χ2n) is 24.4. The number of rotatable bonds is 3. The van der Waals surface area contributed by atoms with E-state index in [2.05, 4.69) is 245 Å². The van der Waals surface area contributed by atoms with E-state index in [1.807, 2.05) is 11.3 Å². The third-order valence-electron chi connectivity index (χ3n) is 15.5. The molecule has 69 heavy (non-hydrogen) atoms. The van der Waals surface area contributed by atoms with Crippen molar-refractivity contribution in [3.05, 3.63) is 173 Å². The highest BCUT2D eigenvalue weighted by Crippen LogP contribution is 2.52. The van der Waals surface area contributed by atoms with Crippen LogP contribution < -0.4 is 25.5 Å². The van der Waals surface area contributed by atoms with Crippen molar-refractivity contribution in [2.24, 2.45) is 0 Å². The Kier molecular flexibility index (Phi) is 9.43. The van der Waals surface area contributed by atoms with Crippen LogP contribution in [0.4, 0.5) is 34.1 Å². The molecule has 0 fully saturated rings. The van der Waals surface area contributed by atoms with E-state index in [1.54, 1.807) is 0 Å². The summed E-state index contributed by atoms with van der Waals surface area (Å²) in [7, 11) is 0. The maximum Gasteiger partial charge on any atom is 0.264 e. The fourth-order valence-corrected chi connectivity index (χ4v) is 12.8. The highest BCUT2D eigenvalue weighted by atomic mass is 32.1. The van der Waals surface area contributed by atoms with Gasteiger partial charge in [-0.1, -0.05) is 180 Å². The van der Waals surface area contributed by atoms with Gasteiger partial charge in [0.2, 0.25) is 0 Å². The van der Waals surface area contributed by atoms with Gasteiger partial charge in [0.15, 0.2) is 0 Å². The largest absolute Gasteiger partial charge is 0.311 e. The molecule has 0 atom stereocenters. The highest BCUT2D eigenvalue weighted by Gasteiger charge is 2.46. The first-order valence-electron chi connectivity index (χ1n) is 25.0. The summed E-state index contributed by atoms with van der Waals surface area (Å²) in [6, 6.07) is 57.3. The predicted octanol–water partition coefficient (Wildman–Crippen LogP) is 17.0. The average Bonchev–Trinajstić information content (AvgIpc) is 3.68. The first-order valence-corrected chi connectivity index (χ1v) is 25.8. The molecular formula is C65H63BN2S. The molecule has 0 amide bonds. The Balaban J connectivity index is 1.20. The summed E-state index contributed by atoms with van der Waals surface area (Å²) in [6.07, 6.45) is 0. The number of anilines is 6. The zero-order valence-corrected chi connectivity index (χ0v) is 43.6. The molecule has 10 aromatic rings. The van der Waals surface area contributed by atoms with Gasteiger partial charge in [-0.25, -0.2) is 0 Å². The number of hydrogen-bond acceptors (Lipinski definition) is 3. The van der Waals surface area contributed by atoms with Crippen molar-refractivity contribution in [2.75, 3.05) is 9.80 Å². The lowest BCUT2D eigenvalue weighted by Crippen LogP contribution is -2.60. The van der Waals surface area contributed by atoms with Crippen molar-refractivity contribution < 1.29 is 0 Å². The Hall–Kier alpha value is -6.36. The Morgan fingerprint density at radius 1 is 0.420 bits per heavy atom. The number of aryl methyl sites for hydroxylation is 1. The molecule has 2 aliphatic rings. The fourth-order valence-electron chi connectivity index (χ4n) is 11.5. The molecule has 0 N–H and O–H groups in total. The zero-order valence-electron chi connectivity index (χ0n) is 42.7. The second-order valence-corrected chi connectivity index (χ2v) is 25.5. The Labute approximate surface area is 414 Å². The van der Waals surface area contributed by atoms with Gasteiger partial charge in [-0.15, -0.1) is 11.3 Å². The van der Waals surface area contributed by atoms with Crippen LogP contribution in [-0.4, -0.2) is 6.71 Å². The van der Waals surface area contributed by atoms with Gasteiger partial charge in [0.05, 0.1) is 11.4 Å². The fraction of sp³-hybridized carbons (Fsp3) is 0.262. The first kappa shape index (κ1) is 43.9. The molecule has 0 aliphatic carbocycles. The second kappa shape index (κ2) is 14.8. The van der Waals surface area contributed by atoms with Crippen LogP contribution in [0, 0.1) is 6.92 Å². The number of benzene rings is 9. The summed E-state index contributed by atoms with van der Waals surface area (Å²) in [5, 5.41) is 9.18. The van der Waals surface area contributed by atoms with Crippen molar-refractivity contribution in [3.63, 3.8) is 0 Å². The van der Waals surface area contributed by atoms with E-state index in [-0.39, 0.29) is 28.4 Å². The average molecular weight is 915 g/mol. The molecule has 12 rings (SSSR count). The smallest absolute Gasteiger partial charge is 0.264 e. The number of fused-ring (bicyclic) bond motifs is 6. The van der Waals surface area contributed by atoms with Crippen molar-refractivity contribution in [1.82, 2.24) is 0 Å². The maximum atomic E-state index is 2.66. The molecule has 0 saturated heterocycles. The number of thiophene rings is 1. The van der Waals surface area contributed by atoms with Crippen LogP contribution in [0.15, 0.2) is 146 Å². The van der Waals surface area contributed by atoms with Gasteiger partial charge in [-0.2, -0.15) is 0 Å². The van der Waals surface area contributed by atoms with Crippen LogP contribution in [0.3, 0.4) is 0 Å². The topological polar surface area (TPSA) is 6.48 Å². The van der Waals surface area contributed by atoms with Gasteiger partial charge in [0.25, 0.3) is 6.71 Å². The summed E-state index contributed by atoms with van der Waals surface area (Å²) in [6.45, 7) is 30.4. The van der Waals surface area contributed by atoms with Crippen LogP contribution in [0.5, 0.6) is 0 Å². The maximum absolute atomic E-state index is 2.66. The van der Waals surface area contributed by atoms with Crippen molar-refractivity contribution in [2.45, 2.75) is 112 Å². The zero-order chi connectivity index (χ0) is 48.3. The highest BCUT2D eigenvalue weighted by molar-refractivity contribution is 7.33. The number of hydrogen-bond donors (Lipinski definition) is 0. The third kappa shape index (κ3) is 6.80. The van der Waals surface area contributed by atoms with Crippen molar-refractivity contribution >= 4 is 110 Å². The van der Waals surface area contributed by atoms with Crippen molar-refractivity contribution in [3.8, 4) is 11.1 Å². The molecule has 0 bridgehead atoms. The molecule has 0 spiro atoms. The minimum atomic E-state index is -0.136. The molecule has 9 aromatic carbocycles. The monoisotopic (exact) mass is 914 g/mol. The summed E-state index contributed by atoms with van der Waals surface area (Å²) in [5.74, 6) is 0. The van der Waals surface area contributed by atoms with E-state index in [4.69, 9.17) is 0 Å². The lowest BCUT2D eigenvalue weighted by Gasteiger charge is -2.44. The molecule has 2 aliphatic heterocycles. The van der Waals surface area contributed by atoms with Gasteiger partial charge in [0.1, 0.15) is 0 Å². The normalized spacial score (nSPS) is 14.1. The summed E-state index contributed by atoms with van der Waals surface area (Å²) in [5.41, 5.74) is 19.2. The van der Waals surface area contributed by atoms with Crippen LogP contribution in [0.2, 0.25) is 0 Å². The van der Waals surface area contributed by atoms with Crippen LogP contribution in [0.1, 0.15) is 111 Å². The van der Waals surface area contributed by atoms with Crippen LogP contribution >= 0.6 is 11.3 Å². The molecule has 342 valence electrons. The first-order chi connectivity index (χ1) is 32.6. The van der Waals surface area contributed by atoms with Gasteiger partial charge in [0, 0.05) is 43.2 Å². The van der Waals surface area contributed by atoms with Crippen LogP contribution in [0.25, 0.3) is 53.5 Å². The minimum absolute atomic E-state index is 0.00530. The molecule has 1 aromatic heterocycles. The summed E-state index contributed by atoms with van der Waals surface area (Å²) in [4.78, 5) is 5.32. The SMILES string of the molecule is Cc1ccc2c(c1)B1c3sc4ccc(C(C)(C)C)cc4c3N(c3ccc(C(C)(C)C)cc3)c3cc(C(C)(C)C)cc(c31)N2c1ccc(C(C)(C)C)cc1-c1ccc2ccc3cccc4ccc1c2c34. The molecule has 3 heterocycles. The van der Waals surface area contributed by atoms with Crippen LogP contribution in [-0.2, 0) is 21.7 Å². The molecule has 2 nitrogen and oxygen atoms in total. The Bertz CT molecular complexity index is 3710. The van der Waals surface area contributed by atoms with E-state index in [9.17, 15) is 0 Å². The summed E-state index contributed by atoms with van der Waals surface area (Å²) < 4.78 is 2.75. The lowest BCUT2D eigenvalue weighted by atomic mass is 9.36. The van der Waals surface area contributed by atoms with E-state index in [0.29, 0.717) is 0 Å². The molecule has 0 saturated carbocycles. The van der Waals surface area contributed by atoms with E-state index < -0.39 is 0 Å². The van der Waals surface area contributed by atoms with Gasteiger partial charge in [-0.05, 0) is 154 Å². The van der Waals surface area contributed by atoms with Gasteiger partial charge in [-0.3, -0.25) is 0 Å². The third-order valence-corrected chi connectivity index (χ3v) is 16.7. The quantitative estimate of drug-likeness (QED) is 0.129. The molecular weight excluding hydrogens is 852 g/mol. The van der Waals surface area contributed by atoms with Gasteiger partial charge >= 0.3 is 0 Å². The summed E-state index contributed by atoms with van der Waals surface area (Å²) >= 11 is 1.99. The standard InChI is InChI=1S/C65H63BN2S/c1-38-17-30-53-51(33-38)66-59-54(67(46-26-22-42(23-27-46)62(2,3)4)60-50-35-44(64(8,9)10)25-32-56(50)69-61(60)66)36-45(65(11,12)13)37-55(59)68(53)52-31-24-43(63(5,6)7)34-49(52)47-28-20-41-19-18-39-15-14-16-40-21-29-48(47)58(41)57(39)40/h14-37H,1-13H3. The number of nitrogens with zero attached hydrogens (tertiary/aromatic N) is 2. The molecule has 4 heteroatoms. The predicted molar refractivity (Wildman–Crippen MR) is 305 cm³/mol. The van der Waals surface area contributed by atoms with E-state index >= 15 is 0 Å². The molecule has 0 radical (unpaired) electrons. The minimum Gasteiger partial charge on any atom is -0.311 e.